The van der Waals surface area contributed by atoms with Gasteiger partial charge in [0.1, 0.15) is 5.01 Å². The van der Waals surface area contributed by atoms with Gasteiger partial charge >= 0.3 is 0 Å². The second kappa shape index (κ2) is 9.38. The summed E-state index contributed by atoms with van der Waals surface area (Å²) in [5.74, 6) is -0.145. The Morgan fingerprint density at radius 2 is 1.80 bits per heavy atom. The van der Waals surface area contributed by atoms with Crippen LogP contribution in [0, 0.1) is 0 Å². The molecule has 6 nitrogen and oxygen atoms in total. The van der Waals surface area contributed by atoms with Crippen LogP contribution in [0.25, 0.3) is 16.3 Å². The molecule has 1 fully saturated rings. The molecule has 1 aromatic heterocycles. The van der Waals surface area contributed by atoms with Gasteiger partial charge in [0.15, 0.2) is 0 Å². The predicted molar refractivity (Wildman–Crippen MR) is 122 cm³/mol. The molecule has 30 heavy (non-hydrogen) atoms. The van der Waals surface area contributed by atoms with Crippen LogP contribution in [0.1, 0.15) is 5.01 Å². The summed E-state index contributed by atoms with van der Waals surface area (Å²) in [6, 6.07) is 15.1. The van der Waals surface area contributed by atoms with E-state index in [9.17, 15) is 9.59 Å². The minimum Gasteiger partial charge on any atom is -0.337 e. The van der Waals surface area contributed by atoms with Crippen molar-refractivity contribution in [1.82, 2.24) is 14.8 Å². The number of amides is 2. The fraction of sp³-hybridized carbons (Fsp3) is 0.227. The molecule has 154 valence electrons. The Balaban J connectivity index is 1.26. The van der Waals surface area contributed by atoms with Crippen LogP contribution in [-0.2, 0) is 9.59 Å². The smallest absolute Gasteiger partial charge is 0.246 e. The maximum atomic E-state index is 12.5. The fourth-order valence-corrected chi connectivity index (χ4v) is 4.34. The lowest BCUT2D eigenvalue weighted by Gasteiger charge is -2.33. The van der Waals surface area contributed by atoms with E-state index in [1.807, 2.05) is 41.3 Å². The third-order valence-corrected chi connectivity index (χ3v) is 6.21. The maximum absolute atomic E-state index is 12.5. The molecule has 0 unspecified atom stereocenters. The van der Waals surface area contributed by atoms with E-state index in [4.69, 9.17) is 11.6 Å². The number of benzene rings is 2. The van der Waals surface area contributed by atoms with Gasteiger partial charge in [-0.3, -0.25) is 14.5 Å². The number of carbonyl (C=O) groups is 2. The monoisotopic (exact) mass is 440 g/mol. The lowest BCUT2D eigenvalue weighted by molar-refractivity contribution is -0.127. The lowest BCUT2D eigenvalue weighted by atomic mass is 10.3. The van der Waals surface area contributed by atoms with Crippen molar-refractivity contribution in [2.75, 3.05) is 38.0 Å². The van der Waals surface area contributed by atoms with Crippen LogP contribution in [0.4, 0.5) is 5.69 Å². The fourth-order valence-electron chi connectivity index (χ4n) is 3.29. The van der Waals surface area contributed by atoms with Gasteiger partial charge in [-0.15, -0.1) is 11.3 Å². The number of fused-ring (bicyclic) bond motifs is 1. The van der Waals surface area contributed by atoms with Gasteiger partial charge in [-0.05, 0) is 30.3 Å². The van der Waals surface area contributed by atoms with Gasteiger partial charge < -0.3 is 10.2 Å². The number of nitrogens with one attached hydrogen (secondary N) is 1. The Labute approximate surface area is 183 Å². The number of hydrogen-bond acceptors (Lipinski definition) is 5. The van der Waals surface area contributed by atoms with Crippen LogP contribution in [0.3, 0.4) is 0 Å². The van der Waals surface area contributed by atoms with Crippen molar-refractivity contribution in [2.24, 2.45) is 0 Å². The van der Waals surface area contributed by atoms with Gasteiger partial charge in [0.25, 0.3) is 0 Å². The summed E-state index contributed by atoms with van der Waals surface area (Å²) >= 11 is 7.64. The van der Waals surface area contributed by atoms with Crippen molar-refractivity contribution in [3.05, 3.63) is 64.6 Å². The summed E-state index contributed by atoms with van der Waals surface area (Å²) in [5, 5.41) is 4.16. The van der Waals surface area contributed by atoms with Crippen molar-refractivity contribution >= 4 is 56.7 Å². The average molecular weight is 441 g/mol. The second-order valence-corrected chi connectivity index (χ2v) is 8.45. The Hall–Kier alpha value is -2.74. The average Bonchev–Trinajstić information content (AvgIpc) is 3.17. The Kier molecular flexibility index (Phi) is 6.42. The number of halogens is 1. The number of hydrogen-bond donors (Lipinski definition) is 1. The Morgan fingerprint density at radius 1 is 1.07 bits per heavy atom. The molecular formula is C22H21ClN4O2S. The van der Waals surface area contributed by atoms with Crippen molar-refractivity contribution in [3.8, 4) is 0 Å². The van der Waals surface area contributed by atoms with Crippen LogP contribution in [-0.4, -0.2) is 59.3 Å². The highest BCUT2D eigenvalue weighted by Crippen LogP contribution is 2.22. The molecule has 0 spiro atoms. The number of rotatable bonds is 5. The van der Waals surface area contributed by atoms with Crippen molar-refractivity contribution < 1.29 is 9.59 Å². The van der Waals surface area contributed by atoms with E-state index >= 15 is 0 Å². The van der Waals surface area contributed by atoms with Crippen LogP contribution in [0.2, 0.25) is 5.02 Å². The predicted octanol–water partition coefficient (Wildman–Crippen LogP) is 3.75. The zero-order valence-electron chi connectivity index (χ0n) is 16.3. The van der Waals surface area contributed by atoms with Crippen LogP contribution in [0.15, 0.2) is 54.6 Å². The van der Waals surface area contributed by atoms with Gasteiger partial charge in [-0.25, -0.2) is 4.98 Å². The summed E-state index contributed by atoms with van der Waals surface area (Å²) in [7, 11) is 0. The first-order chi connectivity index (χ1) is 14.6. The van der Waals surface area contributed by atoms with Crippen molar-refractivity contribution in [2.45, 2.75) is 0 Å². The number of piperazine rings is 1. The number of aromatic nitrogens is 1. The SMILES string of the molecule is O=C(CN1CCN(C(=O)/C=C/c2nc3ccccc3s2)CC1)Nc1ccccc1Cl. The molecule has 8 heteroatoms. The first-order valence-corrected chi connectivity index (χ1v) is 10.9. The topological polar surface area (TPSA) is 65.5 Å². The molecule has 2 amide bonds. The summed E-state index contributed by atoms with van der Waals surface area (Å²) in [5.41, 5.74) is 1.55. The largest absolute Gasteiger partial charge is 0.337 e. The van der Waals surface area contributed by atoms with Gasteiger partial charge in [0.2, 0.25) is 11.8 Å². The van der Waals surface area contributed by atoms with E-state index in [0.29, 0.717) is 36.9 Å². The highest BCUT2D eigenvalue weighted by atomic mass is 35.5. The Bertz CT molecular complexity index is 1060. The van der Waals surface area contributed by atoms with Crippen LogP contribution < -0.4 is 5.32 Å². The van der Waals surface area contributed by atoms with Gasteiger partial charge in [-0.1, -0.05) is 35.9 Å². The van der Waals surface area contributed by atoms with Gasteiger partial charge in [0, 0.05) is 32.3 Å². The number of anilines is 1. The molecule has 0 aliphatic carbocycles. The second-order valence-electron chi connectivity index (χ2n) is 6.98. The highest BCUT2D eigenvalue weighted by Gasteiger charge is 2.21. The molecule has 2 heterocycles. The first-order valence-electron chi connectivity index (χ1n) is 9.68. The van der Waals surface area contributed by atoms with E-state index in [0.717, 1.165) is 15.2 Å². The van der Waals surface area contributed by atoms with E-state index < -0.39 is 0 Å². The summed E-state index contributed by atoms with van der Waals surface area (Å²) in [6.45, 7) is 2.74. The minimum atomic E-state index is -0.112. The maximum Gasteiger partial charge on any atom is 0.246 e. The third-order valence-electron chi connectivity index (χ3n) is 4.88. The van der Waals surface area contributed by atoms with E-state index in [1.54, 1.807) is 40.5 Å². The van der Waals surface area contributed by atoms with Crippen LogP contribution >= 0.6 is 22.9 Å². The zero-order chi connectivity index (χ0) is 20.9. The first kappa shape index (κ1) is 20.5. The zero-order valence-corrected chi connectivity index (χ0v) is 17.8. The minimum absolute atomic E-state index is 0.0329. The molecule has 3 aromatic rings. The molecule has 1 saturated heterocycles. The summed E-state index contributed by atoms with van der Waals surface area (Å²) in [6.07, 6.45) is 3.36. The number of carbonyl (C=O) groups excluding carboxylic acids is 2. The molecule has 0 atom stereocenters. The van der Waals surface area contributed by atoms with E-state index in [-0.39, 0.29) is 18.4 Å². The molecule has 4 rings (SSSR count). The molecule has 0 bridgehead atoms. The normalized spacial score (nSPS) is 15.0. The molecular weight excluding hydrogens is 420 g/mol. The quantitative estimate of drug-likeness (QED) is 0.614. The molecule has 0 saturated carbocycles. The molecule has 1 aliphatic heterocycles. The number of thiazole rings is 1. The van der Waals surface area contributed by atoms with E-state index in [1.165, 1.54) is 0 Å². The van der Waals surface area contributed by atoms with Crippen molar-refractivity contribution in [3.63, 3.8) is 0 Å². The van der Waals surface area contributed by atoms with E-state index in [2.05, 4.69) is 10.3 Å². The van der Waals surface area contributed by atoms with Crippen molar-refractivity contribution in [1.29, 1.82) is 0 Å². The number of para-hydroxylation sites is 2. The Morgan fingerprint density at radius 3 is 2.57 bits per heavy atom. The standard InChI is InChI=1S/C22H21ClN4O2S/c23-16-5-1-2-6-17(16)24-20(28)15-26-11-13-27(14-12-26)22(29)10-9-21-25-18-7-3-4-8-19(18)30-21/h1-10H,11-15H2,(H,24,28)/b10-9+. The lowest BCUT2D eigenvalue weighted by Crippen LogP contribution is -2.50. The molecule has 1 N–H and O–H groups in total. The summed E-state index contributed by atoms with van der Waals surface area (Å²) < 4.78 is 1.10. The van der Waals surface area contributed by atoms with Crippen LogP contribution in [0.5, 0.6) is 0 Å². The molecule has 0 radical (unpaired) electrons. The third kappa shape index (κ3) is 5.05. The highest BCUT2D eigenvalue weighted by molar-refractivity contribution is 7.19. The molecule has 1 aliphatic rings. The molecule has 2 aromatic carbocycles. The van der Waals surface area contributed by atoms with Gasteiger partial charge in [0.05, 0.1) is 27.5 Å². The number of nitrogens with zero attached hydrogens (tertiary/aromatic N) is 3. The van der Waals surface area contributed by atoms with Gasteiger partial charge in [-0.2, -0.15) is 0 Å². The summed E-state index contributed by atoms with van der Waals surface area (Å²) in [4.78, 5) is 33.1.